The second kappa shape index (κ2) is 17.6. The van der Waals surface area contributed by atoms with E-state index in [-0.39, 0.29) is 38.4 Å². The normalized spacial score (nSPS) is 12.6. The summed E-state index contributed by atoms with van der Waals surface area (Å²) in [5.41, 5.74) is 10.2. The van der Waals surface area contributed by atoms with E-state index >= 15 is 0 Å². The summed E-state index contributed by atoms with van der Waals surface area (Å²) in [4.78, 5) is 10.7. The number of pyridine rings is 2. The first-order chi connectivity index (χ1) is 25.2. The van der Waals surface area contributed by atoms with Crippen LogP contribution in [0.15, 0.2) is 60.7 Å². The molecule has 0 unspecified atom stereocenters. The van der Waals surface area contributed by atoms with Gasteiger partial charge in [0.1, 0.15) is 11.5 Å². The van der Waals surface area contributed by atoms with E-state index in [0.29, 0.717) is 0 Å². The molecule has 0 atom stereocenters. The van der Waals surface area contributed by atoms with Crippen LogP contribution in [0.1, 0.15) is 105 Å². The maximum absolute atomic E-state index is 9.75. The SMILES string of the molecule is COc1c(C(C)(C)C)cc(-c2ccc3ccc4ccc(-c5cc(C(C)(C)C)c(OC)c(C(C)(C)C)c5)nc4c3n2)cc1C(C)(C)C.F[B-](F)(F)F.F[B-](F)(F)F.[Co+2]. The zero-order valence-electron chi connectivity index (χ0n) is 35.0. The van der Waals surface area contributed by atoms with Gasteiger partial charge in [-0.1, -0.05) is 107 Å². The Labute approximate surface area is 342 Å². The molecule has 3 aromatic carbocycles. The van der Waals surface area contributed by atoms with Gasteiger partial charge in [-0.2, -0.15) is 0 Å². The fourth-order valence-corrected chi connectivity index (χ4v) is 6.31. The van der Waals surface area contributed by atoms with E-state index in [1.807, 2.05) is 0 Å². The monoisotopic (exact) mass is 849 g/mol. The number of nitrogens with zero attached hydrogens (tertiary/aromatic N) is 2. The van der Waals surface area contributed by atoms with Crippen molar-refractivity contribution in [2.24, 2.45) is 0 Å². The quantitative estimate of drug-likeness (QED) is 0.103. The van der Waals surface area contributed by atoms with E-state index in [2.05, 4.69) is 144 Å². The maximum atomic E-state index is 9.75. The van der Waals surface area contributed by atoms with Crippen LogP contribution in [0.4, 0.5) is 34.5 Å². The molecule has 0 saturated heterocycles. The van der Waals surface area contributed by atoms with Crippen molar-refractivity contribution in [2.75, 3.05) is 14.2 Å². The minimum absolute atomic E-state index is 0. The molecule has 5 aromatic rings. The molecule has 0 N–H and O–H groups in total. The first kappa shape index (κ1) is 49.3. The smallest absolute Gasteiger partial charge is 0.496 e. The Morgan fingerprint density at radius 2 is 0.632 bits per heavy atom. The topological polar surface area (TPSA) is 44.2 Å². The molecular weight excluding hydrogens is 797 g/mol. The first-order valence-electron chi connectivity index (χ1n) is 18.2. The Morgan fingerprint density at radius 3 is 0.825 bits per heavy atom. The summed E-state index contributed by atoms with van der Waals surface area (Å²) in [7, 11) is -8.44. The second-order valence-electron chi connectivity index (χ2n) is 17.8. The van der Waals surface area contributed by atoms with Gasteiger partial charge in [0.15, 0.2) is 0 Å². The number of halogens is 8. The maximum Gasteiger partial charge on any atom is 2.00 e. The Hall–Kier alpha value is -3.84. The standard InChI is InChI=1S/C42H52N2O2.2BF4.Co/c1-39(2,3)29-21-27(22-30(37(29)45-13)40(4,5)6)33-19-17-25-15-16-26-18-20-34(44-36(26)35(25)43-33)28-23-31(41(7,8)9)38(46-14)32(24-28)42(10,11)12;2*2-1(3,4)5;/h15-24H,1-14H3;;;/q;2*-1;+2. The van der Waals surface area contributed by atoms with Crippen LogP contribution < -0.4 is 9.47 Å². The van der Waals surface area contributed by atoms with E-state index in [1.165, 1.54) is 22.3 Å². The number of ether oxygens (including phenoxy) is 2. The summed E-state index contributed by atoms with van der Waals surface area (Å²) in [5.74, 6) is 1.93. The molecule has 5 rings (SSSR count). The average molecular weight is 849 g/mol. The summed E-state index contributed by atoms with van der Waals surface area (Å²) in [6.07, 6.45) is 0. The van der Waals surface area contributed by atoms with Gasteiger partial charge in [0.05, 0.1) is 36.6 Å². The van der Waals surface area contributed by atoms with Crippen molar-refractivity contribution in [2.45, 2.75) is 105 Å². The molecule has 0 aliphatic rings. The van der Waals surface area contributed by atoms with E-state index in [0.717, 1.165) is 55.8 Å². The van der Waals surface area contributed by atoms with Crippen LogP contribution >= 0.6 is 0 Å². The van der Waals surface area contributed by atoms with Crippen molar-refractivity contribution >= 4 is 36.3 Å². The van der Waals surface area contributed by atoms with E-state index in [1.54, 1.807) is 14.2 Å². The molecule has 0 saturated carbocycles. The number of hydrogen-bond acceptors (Lipinski definition) is 4. The molecule has 0 spiro atoms. The third-order valence-corrected chi connectivity index (χ3v) is 8.93. The van der Waals surface area contributed by atoms with Crippen LogP contribution in [-0.4, -0.2) is 38.7 Å². The van der Waals surface area contributed by atoms with Gasteiger partial charge in [0, 0.05) is 44.2 Å². The summed E-state index contributed by atoms with van der Waals surface area (Å²) < 4.78 is 90.1. The molecule has 4 nitrogen and oxygen atoms in total. The van der Waals surface area contributed by atoms with Gasteiger partial charge in [-0.15, -0.1) is 0 Å². The largest absolute Gasteiger partial charge is 2.00 e. The van der Waals surface area contributed by atoms with Crippen molar-refractivity contribution < 1.29 is 60.8 Å². The van der Waals surface area contributed by atoms with Gasteiger partial charge in [-0.05, 0) is 58.1 Å². The number of aromatic nitrogens is 2. The molecular formula is C42H52B2CoF8N2O2. The fraction of sp³-hybridized carbons (Fsp3) is 0.429. The average Bonchev–Trinajstić information content (AvgIpc) is 3.03. The molecule has 0 bridgehead atoms. The third kappa shape index (κ3) is 13.3. The predicted octanol–water partition coefficient (Wildman–Crippen LogP) is 13.9. The Balaban J connectivity index is 0.000000909. The number of methoxy groups -OCH3 is 2. The van der Waals surface area contributed by atoms with E-state index in [4.69, 9.17) is 19.4 Å². The second-order valence-corrected chi connectivity index (χ2v) is 17.8. The van der Waals surface area contributed by atoms with Gasteiger partial charge in [-0.25, -0.2) is 9.97 Å². The van der Waals surface area contributed by atoms with Crippen LogP contribution in [0.25, 0.3) is 44.3 Å². The Morgan fingerprint density at radius 1 is 0.421 bits per heavy atom. The minimum atomic E-state index is -6.00. The van der Waals surface area contributed by atoms with Gasteiger partial charge in [-0.3, -0.25) is 0 Å². The molecule has 2 aromatic heterocycles. The van der Waals surface area contributed by atoms with Crippen LogP contribution in [0.5, 0.6) is 11.5 Å². The molecule has 57 heavy (non-hydrogen) atoms. The van der Waals surface area contributed by atoms with Crippen LogP contribution in [-0.2, 0) is 38.4 Å². The summed E-state index contributed by atoms with van der Waals surface area (Å²) in [5, 5.41) is 2.14. The molecule has 15 heteroatoms. The summed E-state index contributed by atoms with van der Waals surface area (Å²) in [6.45, 7) is 26.9. The Kier molecular flexibility index (Phi) is 15.2. The van der Waals surface area contributed by atoms with Crippen molar-refractivity contribution in [3.05, 3.63) is 82.9 Å². The van der Waals surface area contributed by atoms with Gasteiger partial charge in [0.2, 0.25) is 0 Å². The molecule has 313 valence electrons. The van der Waals surface area contributed by atoms with Crippen molar-refractivity contribution in [3.8, 4) is 34.0 Å². The van der Waals surface area contributed by atoms with Gasteiger partial charge >= 0.3 is 31.3 Å². The zero-order valence-corrected chi connectivity index (χ0v) is 36.0. The molecule has 0 amide bonds. The molecule has 0 fully saturated rings. The van der Waals surface area contributed by atoms with Crippen molar-refractivity contribution in [1.29, 1.82) is 0 Å². The van der Waals surface area contributed by atoms with Crippen molar-refractivity contribution in [3.63, 3.8) is 0 Å². The molecule has 1 radical (unpaired) electrons. The fourth-order valence-electron chi connectivity index (χ4n) is 6.31. The Bertz CT molecular complexity index is 1950. The number of hydrogen-bond donors (Lipinski definition) is 0. The van der Waals surface area contributed by atoms with Gasteiger partial charge in [0.25, 0.3) is 0 Å². The summed E-state index contributed by atoms with van der Waals surface area (Å²) >= 11 is 0. The molecule has 2 heterocycles. The summed E-state index contributed by atoms with van der Waals surface area (Å²) in [6, 6.07) is 21.9. The third-order valence-electron chi connectivity index (χ3n) is 8.93. The predicted molar refractivity (Wildman–Crippen MR) is 216 cm³/mol. The zero-order chi connectivity index (χ0) is 43.0. The number of rotatable bonds is 4. The first-order valence-corrected chi connectivity index (χ1v) is 18.2. The van der Waals surface area contributed by atoms with E-state index in [9.17, 15) is 34.5 Å². The molecule has 0 aliphatic carbocycles. The number of benzene rings is 3. The number of fused-ring (bicyclic) bond motifs is 3. The minimum Gasteiger partial charge on any atom is -0.496 e. The van der Waals surface area contributed by atoms with Gasteiger partial charge < -0.3 is 44.0 Å². The van der Waals surface area contributed by atoms with Crippen LogP contribution in [0.2, 0.25) is 0 Å². The van der Waals surface area contributed by atoms with Crippen molar-refractivity contribution in [1.82, 2.24) is 9.97 Å². The molecule has 0 aliphatic heterocycles. The van der Waals surface area contributed by atoms with E-state index < -0.39 is 14.5 Å². The van der Waals surface area contributed by atoms with Crippen LogP contribution in [0, 0.1) is 0 Å². The van der Waals surface area contributed by atoms with Crippen LogP contribution in [0.3, 0.4) is 0 Å².